The molecule has 2 aliphatic rings. The minimum absolute atomic E-state index is 0.170. The second-order valence-corrected chi connectivity index (χ2v) is 10.2. The van der Waals surface area contributed by atoms with Crippen LogP contribution >= 0.6 is 34.3 Å². The number of rotatable bonds is 4. The van der Waals surface area contributed by atoms with Crippen molar-refractivity contribution in [2.24, 2.45) is 0 Å². The van der Waals surface area contributed by atoms with Gasteiger partial charge in [0.15, 0.2) is 0 Å². The van der Waals surface area contributed by atoms with Crippen LogP contribution in [0.2, 0.25) is 4.34 Å². The number of likely N-dealkylation sites (N-methyl/N-ethyl adjacent to an activating group) is 1. The zero-order valence-corrected chi connectivity index (χ0v) is 18.1. The zero-order valence-electron chi connectivity index (χ0n) is 15.7. The van der Waals surface area contributed by atoms with E-state index in [4.69, 9.17) is 11.6 Å². The van der Waals surface area contributed by atoms with Crippen molar-refractivity contribution in [1.82, 2.24) is 15.1 Å². The first-order valence-corrected chi connectivity index (χ1v) is 11.2. The maximum atomic E-state index is 13.1. The molecule has 2 atom stereocenters. The van der Waals surface area contributed by atoms with Crippen LogP contribution in [0.1, 0.15) is 36.2 Å². The third kappa shape index (κ3) is 4.18. The highest BCUT2D eigenvalue weighted by molar-refractivity contribution is 7.18. The van der Waals surface area contributed by atoms with Gasteiger partial charge in [-0.15, -0.1) is 22.7 Å². The first-order valence-electron chi connectivity index (χ1n) is 9.22. The van der Waals surface area contributed by atoms with Crippen LogP contribution in [-0.4, -0.2) is 64.9 Å². The number of carbonyl (C=O) groups excluding carboxylic acids is 2. The first-order chi connectivity index (χ1) is 13.8. The second kappa shape index (κ2) is 8.06. The number of carboxylic acid groups (broad SMARTS) is 1. The van der Waals surface area contributed by atoms with E-state index >= 15 is 0 Å². The van der Waals surface area contributed by atoms with Gasteiger partial charge in [0.05, 0.1) is 14.1 Å². The maximum Gasteiger partial charge on any atom is 0.326 e. The molecule has 154 valence electrons. The molecule has 0 aromatic carbocycles. The lowest BCUT2D eigenvalue weighted by Gasteiger charge is -2.21. The van der Waals surface area contributed by atoms with E-state index in [9.17, 15) is 19.5 Å². The van der Waals surface area contributed by atoms with Gasteiger partial charge in [-0.1, -0.05) is 11.6 Å². The van der Waals surface area contributed by atoms with Gasteiger partial charge < -0.3 is 20.2 Å². The third-order valence-corrected chi connectivity index (χ3v) is 7.64. The number of nitrogens with one attached hydrogen (secondary N) is 1. The standard InChI is InChI=1S/C19H20ClN3O4S2/c1-22-5-4-10-6-14(28-15(10)9-22)18(25)23-8-11(7-12(23)19(26)27)21-17(24)13-2-3-16(20)29-13/h2-3,6,11-12H,4-5,7-9H2,1H3,(H,21,24)(H,26,27)/t11-,12+/m1/s1. The van der Waals surface area contributed by atoms with Gasteiger partial charge >= 0.3 is 5.97 Å². The molecule has 4 heterocycles. The van der Waals surface area contributed by atoms with Crippen molar-refractivity contribution in [3.63, 3.8) is 0 Å². The van der Waals surface area contributed by atoms with Crippen LogP contribution in [-0.2, 0) is 17.8 Å². The molecule has 2 N–H and O–H groups in total. The average Bonchev–Trinajstić information content (AvgIpc) is 3.38. The summed E-state index contributed by atoms with van der Waals surface area (Å²) in [6, 6.07) is 3.79. The lowest BCUT2D eigenvalue weighted by molar-refractivity contribution is -0.141. The van der Waals surface area contributed by atoms with Crippen LogP contribution in [0.3, 0.4) is 0 Å². The van der Waals surface area contributed by atoms with Gasteiger partial charge in [0.2, 0.25) is 0 Å². The molecule has 2 aromatic heterocycles. The largest absolute Gasteiger partial charge is 0.480 e. The number of amides is 2. The predicted molar refractivity (Wildman–Crippen MR) is 112 cm³/mol. The normalized spacial score (nSPS) is 21.8. The lowest BCUT2D eigenvalue weighted by atomic mass is 10.1. The third-order valence-electron chi connectivity index (χ3n) is 5.26. The topological polar surface area (TPSA) is 90.0 Å². The molecule has 2 aromatic rings. The van der Waals surface area contributed by atoms with Crippen LogP contribution in [0.25, 0.3) is 0 Å². The summed E-state index contributed by atoms with van der Waals surface area (Å²) < 4.78 is 0.508. The molecule has 0 saturated carbocycles. The van der Waals surface area contributed by atoms with Crippen LogP contribution in [0.4, 0.5) is 0 Å². The van der Waals surface area contributed by atoms with Gasteiger partial charge in [0.1, 0.15) is 6.04 Å². The number of carboxylic acids is 1. The van der Waals surface area contributed by atoms with Crippen molar-refractivity contribution in [3.05, 3.63) is 42.7 Å². The zero-order chi connectivity index (χ0) is 20.7. The summed E-state index contributed by atoms with van der Waals surface area (Å²) in [5, 5.41) is 12.5. The molecule has 1 fully saturated rings. The van der Waals surface area contributed by atoms with E-state index in [0.29, 0.717) is 14.1 Å². The Morgan fingerprint density at radius 3 is 2.72 bits per heavy atom. The molecule has 29 heavy (non-hydrogen) atoms. The smallest absolute Gasteiger partial charge is 0.326 e. The van der Waals surface area contributed by atoms with Gasteiger partial charge in [-0.3, -0.25) is 9.59 Å². The van der Waals surface area contributed by atoms with Crippen molar-refractivity contribution >= 4 is 52.1 Å². The van der Waals surface area contributed by atoms with Gasteiger partial charge in [-0.05, 0) is 37.2 Å². The number of carbonyl (C=O) groups is 3. The average molecular weight is 454 g/mol. The van der Waals surface area contributed by atoms with Crippen molar-refractivity contribution in [3.8, 4) is 0 Å². The number of fused-ring (bicyclic) bond motifs is 1. The molecule has 10 heteroatoms. The Morgan fingerprint density at radius 1 is 1.24 bits per heavy atom. The molecule has 4 rings (SSSR count). The maximum absolute atomic E-state index is 13.1. The fraction of sp³-hybridized carbons (Fsp3) is 0.421. The molecule has 1 saturated heterocycles. The van der Waals surface area contributed by atoms with Gasteiger partial charge in [0.25, 0.3) is 11.8 Å². The Bertz CT molecular complexity index is 973. The molecule has 0 radical (unpaired) electrons. The highest BCUT2D eigenvalue weighted by Crippen LogP contribution is 2.31. The molecular formula is C19H20ClN3O4S2. The lowest BCUT2D eigenvalue weighted by Crippen LogP contribution is -2.41. The van der Waals surface area contributed by atoms with Crippen molar-refractivity contribution in [2.75, 3.05) is 20.1 Å². The van der Waals surface area contributed by atoms with Crippen molar-refractivity contribution < 1.29 is 19.5 Å². The molecule has 0 unspecified atom stereocenters. The van der Waals surface area contributed by atoms with E-state index in [2.05, 4.69) is 10.2 Å². The van der Waals surface area contributed by atoms with Gasteiger partial charge in [-0.25, -0.2) is 4.79 Å². The van der Waals surface area contributed by atoms with E-state index in [1.807, 2.05) is 13.1 Å². The number of likely N-dealkylation sites (tertiary alicyclic amines) is 1. The molecule has 0 spiro atoms. The summed E-state index contributed by atoms with van der Waals surface area (Å²) >= 11 is 8.47. The number of thiophene rings is 2. The fourth-order valence-corrected chi connectivity index (χ4v) is 5.98. The highest BCUT2D eigenvalue weighted by Gasteiger charge is 2.41. The summed E-state index contributed by atoms with van der Waals surface area (Å²) in [4.78, 5) is 43.0. The second-order valence-electron chi connectivity index (χ2n) is 7.37. The monoisotopic (exact) mass is 453 g/mol. The highest BCUT2D eigenvalue weighted by atomic mass is 35.5. The summed E-state index contributed by atoms with van der Waals surface area (Å²) in [7, 11) is 2.04. The van der Waals surface area contributed by atoms with E-state index < -0.39 is 18.1 Å². The summed E-state index contributed by atoms with van der Waals surface area (Å²) in [5.41, 5.74) is 1.17. The van der Waals surface area contributed by atoms with Gasteiger partial charge in [0, 0.05) is 37.0 Å². The number of nitrogens with zero attached hydrogens (tertiary/aromatic N) is 2. The predicted octanol–water partition coefficient (Wildman–Crippen LogP) is 2.55. The first kappa shape index (κ1) is 20.3. The van der Waals surface area contributed by atoms with Crippen LogP contribution in [0, 0.1) is 0 Å². The van der Waals surface area contributed by atoms with E-state index in [-0.39, 0.29) is 24.8 Å². The van der Waals surface area contributed by atoms with E-state index in [1.165, 1.54) is 21.8 Å². The van der Waals surface area contributed by atoms with E-state index in [1.54, 1.807) is 12.1 Å². The molecule has 0 aliphatic carbocycles. The van der Waals surface area contributed by atoms with Crippen LogP contribution in [0.15, 0.2) is 18.2 Å². The number of hydrogen-bond donors (Lipinski definition) is 2. The fourth-order valence-electron chi connectivity index (χ4n) is 3.79. The summed E-state index contributed by atoms with van der Waals surface area (Å²) in [5.74, 6) is -1.65. The van der Waals surface area contributed by atoms with Crippen LogP contribution < -0.4 is 5.32 Å². The number of hydrogen-bond acceptors (Lipinski definition) is 6. The Morgan fingerprint density at radius 2 is 2.03 bits per heavy atom. The molecule has 2 amide bonds. The SMILES string of the molecule is CN1CCc2cc(C(=O)N3C[C@H](NC(=O)c4ccc(Cl)s4)C[C@H]3C(=O)O)sc2C1. The quantitative estimate of drug-likeness (QED) is 0.742. The Labute approximate surface area is 180 Å². The van der Waals surface area contributed by atoms with Crippen molar-refractivity contribution in [1.29, 1.82) is 0 Å². The van der Waals surface area contributed by atoms with Crippen molar-refractivity contribution in [2.45, 2.75) is 31.5 Å². The molecular weight excluding hydrogens is 434 g/mol. The Kier molecular flexibility index (Phi) is 5.65. The van der Waals surface area contributed by atoms with E-state index in [0.717, 1.165) is 35.7 Å². The summed E-state index contributed by atoms with van der Waals surface area (Å²) in [6.45, 7) is 1.92. The Balaban J connectivity index is 1.49. The minimum atomic E-state index is -1.06. The minimum Gasteiger partial charge on any atom is -0.480 e. The number of halogens is 1. The molecule has 2 aliphatic heterocycles. The molecule has 7 nitrogen and oxygen atoms in total. The van der Waals surface area contributed by atoms with Gasteiger partial charge in [-0.2, -0.15) is 0 Å². The number of aliphatic carboxylic acids is 1. The Hall–Kier alpha value is -1.94. The van der Waals surface area contributed by atoms with Crippen LogP contribution in [0.5, 0.6) is 0 Å². The molecule has 0 bridgehead atoms. The summed E-state index contributed by atoms with van der Waals surface area (Å²) in [6.07, 6.45) is 1.07.